The molecule has 1 amide bonds. The molecule has 0 aliphatic rings. The third-order valence-corrected chi connectivity index (χ3v) is 5.74. The number of hydrogen-bond acceptors (Lipinski definition) is 3. The van der Waals surface area contributed by atoms with Crippen LogP contribution in [0.1, 0.15) is 27.0 Å². The maximum atomic E-state index is 14.5. The first-order valence-electron chi connectivity index (χ1n) is 10.0. The predicted octanol–water partition coefficient (Wildman–Crippen LogP) is 6.65. The van der Waals surface area contributed by atoms with E-state index in [0.29, 0.717) is 12.5 Å². The van der Waals surface area contributed by atoms with Crippen molar-refractivity contribution < 1.29 is 37.0 Å². The van der Waals surface area contributed by atoms with Crippen molar-refractivity contribution in [1.29, 1.82) is 0 Å². The summed E-state index contributed by atoms with van der Waals surface area (Å²) in [5.74, 6) is -3.91. The lowest BCUT2D eigenvalue weighted by atomic mass is 10.0. The molecule has 0 saturated heterocycles. The van der Waals surface area contributed by atoms with Crippen LogP contribution in [0.15, 0.2) is 54.6 Å². The van der Waals surface area contributed by atoms with Crippen molar-refractivity contribution in [2.24, 2.45) is 0 Å². The molecule has 0 aliphatic heterocycles. The fraction of sp³-hybridized carbons (Fsp3) is 0.167. The van der Waals surface area contributed by atoms with E-state index in [1.54, 1.807) is 0 Å². The molecule has 0 unspecified atom stereocenters. The van der Waals surface area contributed by atoms with E-state index in [4.69, 9.17) is 33.0 Å². The van der Waals surface area contributed by atoms with Crippen LogP contribution in [0.4, 0.5) is 23.2 Å². The highest BCUT2D eigenvalue weighted by Crippen LogP contribution is 2.37. The Labute approximate surface area is 207 Å². The molecule has 5 nitrogen and oxygen atoms in total. The molecule has 11 heteroatoms. The molecular weight excluding hydrogens is 513 g/mol. The van der Waals surface area contributed by atoms with Gasteiger partial charge in [0.1, 0.15) is 5.75 Å². The van der Waals surface area contributed by atoms with Crippen LogP contribution >= 0.6 is 23.2 Å². The smallest absolute Gasteiger partial charge is 0.417 e. The van der Waals surface area contributed by atoms with Crippen molar-refractivity contribution in [3.05, 3.63) is 92.7 Å². The Morgan fingerprint density at radius 2 is 1.69 bits per heavy atom. The quantitative estimate of drug-likeness (QED) is 0.253. The Kier molecular flexibility index (Phi) is 8.24. The van der Waals surface area contributed by atoms with E-state index in [1.165, 1.54) is 6.07 Å². The summed E-state index contributed by atoms with van der Waals surface area (Å²) < 4.78 is 61.0. The molecule has 3 aromatic rings. The van der Waals surface area contributed by atoms with Gasteiger partial charge >= 0.3 is 12.1 Å². The van der Waals surface area contributed by atoms with E-state index in [9.17, 15) is 27.2 Å². The average Bonchev–Trinajstić information content (AvgIpc) is 2.80. The van der Waals surface area contributed by atoms with Gasteiger partial charge in [-0.05, 0) is 35.4 Å². The molecule has 0 radical (unpaired) electrons. The minimum Gasteiger partial charge on any atom is -0.493 e. The normalized spacial score (nSPS) is 11.3. The summed E-state index contributed by atoms with van der Waals surface area (Å²) in [7, 11) is 0. The van der Waals surface area contributed by atoms with Gasteiger partial charge in [-0.1, -0.05) is 53.5 Å². The maximum absolute atomic E-state index is 14.5. The molecule has 0 heterocycles. The van der Waals surface area contributed by atoms with Crippen molar-refractivity contribution in [2.75, 3.05) is 11.9 Å². The van der Waals surface area contributed by atoms with Gasteiger partial charge in [-0.3, -0.25) is 9.59 Å². The van der Waals surface area contributed by atoms with Crippen LogP contribution in [0.5, 0.6) is 5.75 Å². The second-order valence-corrected chi connectivity index (χ2v) is 8.09. The molecular formula is C24H17Cl2F4NO4. The zero-order chi connectivity index (χ0) is 25.8. The van der Waals surface area contributed by atoms with E-state index >= 15 is 0 Å². The maximum Gasteiger partial charge on any atom is 0.417 e. The number of rotatable bonds is 8. The minimum atomic E-state index is -4.92. The summed E-state index contributed by atoms with van der Waals surface area (Å²) in [5, 5.41) is 9.93. The molecule has 184 valence electrons. The highest BCUT2D eigenvalue weighted by molar-refractivity contribution is 6.43. The summed E-state index contributed by atoms with van der Waals surface area (Å²) in [6.07, 6.45) is -5.11. The van der Waals surface area contributed by atoms with E-state index in [2.05, 4.69) is 0 Å². The SMILES string of the molecule is O=C(O)Cc1cc(NC(=O)c2ccc(OCCc3ccccc3)cc2C(F)(F)F)c(F)c(Cl)c1Cl. The zero-order valence-electron chi connectivity index (χ0n) is 17.8. The standard InChI is InChI=1S/C24H17Cl2F4NO4/c25-20-14(11-19(32)33)10-18(22(27)21(20)26)31-23(34)16-7-6-15(12-17(16)24(28,29)30)35-9-8-13-4-2-1-3-5-13/h1-7,10,12H,8-9,11H2,(H,31,34)(H,32,33). The number of aliphatic carboxylic acids is 1. The Balaban J connectivity index is 1.85. The van der Waals surface area contributed by atoms with E-state index in [-0.39, 0.29) is 22.9 Å². The number of carbonyl (C=O) groups excluding carboxylic acids is 1. The number of carboxylic acids is 1. The van der Waals surface area contributed by atoms with Gasteiger partial charge in [0.2, 0.25) is 0 Å². The van der Waals surface area contributed by atoms with Crippen molar-refractivity contribution in [3.63, 3.8) is 0 Å². The van der Waals surface area contributed by atoms with Crippen molar-refractivity contribution in [2.45, 2.75) is 19.0 Å². The molecule has 0 aliphatic carbocycles. The van der Waals surface area contributed by atoms with Crippen molar-refractivity contribution >= 4 is 40.8 Å². The first kappa shape index (κ1) is 26.3. The van der Waals surface area contributed by atoms with Crippen LogP contribution in [0.2, 0.25) is 10.0 Å². The lowest BCUT2D eigenvalue weighted by molar-refractivity contribution is -0.138. The Morgan fingerprint density at radius 3 is 2.31 bits per heavy atom. The molecule has 0 saturated carbocycles. The Hall–Kier alpha value is -3.30. The predicted molar refractivity (Wildman–Crippen MR) is 123 cm³/mol. The number of carboxylic acid groups (broad SMARTS) is 1. The van der Waals surface area contributed by atoms with Gasteiger partial charge < -0.3 is 15.2 Å². The molecule has 35 heavy (non-hydrogen) atoms. The summed E-state index contributed by atoms with van der Waals surface area (Å²) >= 11 is 11.6. The summed E-state index contributed by atoms with van der Waals surface area (Å²) in [6.45, 7) is 0.105. The number of hydrogen-bond donors (Lipinski definition) is 2. The number of ether oxygens (including phenoxy) is 1. The second kappa shape index (κ2) is 11.0. The van der Waals surface area contributed by atoms with E-state index in [0.717, 1.165) is 17.7 Å². The van der Waals surface area contributed by atoms with Crippen LogP contribution < -0.4 is 10.1 Å². The van der Waals surface area contributed by atoms with Gasteiger partial charge in [-0.25, -0.2) is 4.39 Å². The lowest BCUT2D eigenvalue weighted by Crippen LogP contribution is -2.20. The van der Waals surface area contributed by atoms with E-state index < -0.39 is 52.1 Å². The second-order valence-electron chi connectivity index (χ2n) is 7.34. The fourth-order valence-electron chi connectivity index (χ4n) is 3.21. The van der Waals surface area contributed by atoms with Gasteiger partial charge in [0.15, 0.2) is 5.82 Å². The number of nitrogens with one attached hydrogen (secondary N) is 1. The van der Waals surface area contributed by atoms with Gasteiger partial charge in [0.05, 0.1) is 39.9 Å². The number of alkyl halides is 3. The highest BCUT2D eigenvalue weighted by atomic mass is 35.5. The molecule has 3 rings (SSSR count). The molecule has 0 bridgehead atoms. The van der Waals surface area contributed by atoms with Crippen LogP contribution in [-0.4, -0.2) is 23.6 Å². The number of anilines is 1. The average molecular weight is 530 g/mol. The van der Waals surface area contributed by atoms with E-state index in [1.807, 2.05) is 35.6 Å². The number of amides is 1. The highest BCUT2D eigenvalue weighted by Gasteiger charge is 2.36. The third-order valence-electron chi connectivity index (χ3n) is 4.86. The Bertz CT molecular complexity index is 1250. The molecule has 0 fully saturated rings. The summed E-state index contributed by atoms with van der Waals surface area (Å²) in [5.41, 5.74) is -1.89. The molecule has 3 aromatic carbocycles. The molecule has 0 spiro atoms. The fourth-order valence-corrected chi connectivity index (χ4v) is 3.63. The molecule has 0 atom stereocenters. The topological polar surface area (TPSA) is 75.6 Å². The molecule has 2 N–H and O–H groups in total. The van der Waals surface area contributed by atoms with Gasteiger partial charge in [0, 0.05) is 6.42 Å². The largest absolute Gasteiger partial charge is 0.493 e. The zero-order valence-corrected chi connectivity index (χ0v) is 19.3. The van der Waals surface area contributed by atoms with Crippen LogP contribution in [0, 0.1) is 5.82 Å². The molecule has 0 aromatic heterocycles. The van der Waals surface area contributed by atoms with Crippen molar-refractivity contribution in [3.8, 4) is 5.75 Å². The number of carbonyl (C=O) groups is 2. The first-order chi connectivity index (χ1) is 16.5. The first-order valence-corrected chi connectivity index (χ1v) is 10.8. The number of halogens is 6. The number of benzene rings is 3. The van der Waals surface area contributed by atoms with Gasteiger partial charge in [-0.15, -0.1) is 0 Å². The van der Waals surface area contributed by atoms with Crippen molar-refractivity contribution in [1.82, 2.24) is 0 Å². The summed E-state index contributed by atoms with van der Waals surface area (Å²) in [4.78, 5) is 23.7. The Morgan fingerprint density at radius 1 is 1.00 bits per heavy atom. The van der Waals surface area contributed by atoms with Gasteiger partial charge in [0.25, 0.3) is 5.91 Å². The third kappa shape index (κ3) is 6.64. The monoisotopic (exact) mass is 529 g/mol. The van der Waals surface area contributed by atoms with Crippen LogP contribution in [0.3, 0.4) is 0 Å². The minimum absolute atomic E-state index is 0.103. The van der Waals surface area contributed by atoms with Crippen LogP contribution in [-0.2, 0) is 23.8 Å². The van der Waals surface area contributed by atoms with Crippen LogP contribution in [0.25, 0.3) is 0 Å². The lowest BCUT2D eigenvalue weighted by Gasteiger charge is -2.16. The summed E-state index contributed by atoms with van der Waals surface area (Å²) in [6, 6.07) is 12.9. The van der Waals surface area contributed by atoms with Gasteiger partial charge in [-0.2, -0.15) is 13.2 Å².